The van der Waals surface area contributed by atoms with Gasteiger partial charge in [0.15, 0.2) is 0 Å². The molecule has 5 aliphatic rings. The molecule has 322 valence electrons. The maximum absolute atomic E-state index is 14.7. The monoisotopic (exact) mass is 808 g/mol. The van der Waals surface area contributed by atoms with E-state index in [0.29, 0.717) is 62.8 Å². The second-order valence-corrected chi connectivity index (χ2v) is 16.9. The SMILES string of the molecule is C=CCOC12Oc3ccc(OC(=O)NCC)cc3C3C(CCCCO)C(CCCCO)C=C(C(=NOC4CCCCO4)CC1N(CCC)C(=O)CCC1CCCC1)C32. The molecule has 1 aromatic rings. The molecule has 0 aromatic heterocycles. The Hall–Kier alpha value is -3.45. The van der Waals surface area contributed by atoms with E-state index in [4.69, 9.17) is 28.9 Å². The van der Waals surface area contributed by atoms with Gasteiger partial charge in [-0.2, -0.15) is 0 Å². The summed E-state index contributed by atoms with van der Waals surface area (Å²) in [6.45, 7) is 10.00. The van der Waals surface area contributed by atoms with Gasteiger partial charge in [0.05, 0.1) is 24.8 Å². The molecular formula is C46H69N3O9. The number of nitrogens with zero attached hydrogens (tertiary/aromatic N) is 2. The Balaban J connectivity index is 1.54. The smallest absolute Gasteiger partial charge is 0.412 e. The summed E-state index contributed by atoms with van der Waals surface area (Å²) >= 11 is 0. The molecule has 3 N–H and O–H groups in total. The molecule has 2 heterocycles. The predicted molar refractivity (Wildman–Crippen MR) is 223 cm³/mol. The molecule has 3 fully saturated rings. The molecule has 1 saturated heterocycles. The van der Waals surface area contributed by atoms with Gasteiger partial charge in [0.1, 0.15) is 17.5 Å². The molecule has 0 bridgehead atoms. The van der Waals surface area contributed by atoms with Crippen LogP contribution in [0.5, 0.6) is 11.5 Å². The minimum Gasteiger partial charge on any atom is -0.459 e. The number of unbranched alkanes of at least 4 members (excludes halogenated alkanes) is 2. The van der Waals surface area contributed by atoms with Crippen molar-refractivity contribution in [1.82, 2.24) is 10.2 Å². The highest BCUT2D eigenvalue weighted by atomic mass is 16.8. The fourth-order valence-electron chi connectivity index (χ4n) is 10.4. The predicted octanol–water partition coefficient (Wildman–Crippen LogP) is 8.16. The van der Waals surface area contributed by atoms with Gasteiger partial charge in [-0.05, 0) is 99.8 Å². The molecule has 2 aliphatic heterocycles. The van der Waals surface area contributed by atoms with Gasteiger partial charge in [-0.25, -0.2) is 4.79 Å². The highest BCUT2D eigenvalue weighted by Gasteiger charge is 2.65. The number of rotatable bonds is 21. The van der Waals surface area contributed by atoms with Crippen molar-refractivity contribution in [1.29, 1.82) is 0 Å². The second-order valence-electron chi connectivity index (χ2n) is 16.9. The van der Waals surface area contributed by atoms with Crippen LogP contribution in [0.2, 0.25) is 0 Å². The zero-order valence-corrected chi connectivity index (χ0v) is 35.0. The third kappa shape index (κ3) is 10.3. The second kappa shape index (κ2) is 21.7. The lowest BCUT2D eigenvalue weighted by atomic mass is 9.55. The van der Waals surface area contributed by atoms with E-state index in [9.17, 15) is 19.8 Å². The van der Waals surface area contributed by atoms with Crippen molar-refractivity contribution in [3.8, 4) is 11.5 Å². The first-order chi connectivity index (χ1) is 28.4. The van der Waals surface area contributed by atoms with Crippen molar-refractivity contribution in [2.24, 2.45) is 28.8 Å². The maximum Gasteiger partial charge on any atom is 0.412 e. The Labute approximate surface area is 345 Å². The Morgan fingerprint density at radius 3 is 2.52 bits per heavy atom. The highest BCUT2D eigenvalue weighted by Crippen LogP contribution is 2.62. The number of amides is 2. The molecule has 2 saturated carbocycles. The zero-order chi connectivity index (χ0) is 40.9. The summed E-state index contributed by atoms with van der Waals surface area (Å²) in [4.78, 5) is 35.7. The summed E-state index contributed by atoms with van der Waals surface area (Å²) in [5.41, 5.74) is 2.64. The molecule has 7 unspecified atom stereocenters. The first kappa shape index (κ1) is 44.1. The Morgan fingerprint density at radius 2 is 1.81 bits per heavy atom. The van der Waals surface area contributed by atoms with E-state index in [2.05, 4.69) is 24.9 Å². The lowest BCUT2D eigenvalue weighted by molar-refractivity contribution is -0.257. The number of aliphatic hydroxyl groups is 2. The number of fused-ring (bicyclic) bond motifs is 2. The number of hydrogen-bond acceptors (Lipinski definition) is 10. The number of oxime groups is 1. The number of benzene rings is 1. The molecular weight excluding hydrogens is 739 g/mol. The third-order valence-electron chi connectivity index (χ3n) is 13.0. The van der Waals surface area contributed by atoms with E-state index in [1.54, 1.807) is 12.1 Å². The van der Waals surface area contributed by atoms with Gasteiger partial charge < -0.3 is 44.2 Å². The van der Waals surface area contributed by atoms with E-state index in [-0.39, 0.29) is 43.5 Å². The van der Waals surface area contributed by atoms with Gasteiger partial charge in [0.2, 0.25) is 18.0 Å². The fourth-order valence-corrected chi connectivity index (χ4v) is 10.4. The van der Waals surface area contributed by atoms with Crippen LogP contribution in [0.1, 0.15) is 134 Å². The number of hydrogen-bond donors (Lipinski definition) is 3. The summed E-state index contributed by atoms with van der Waals surface area (Å²) in [6, 6.07) is 5.02. The number of nitrogens with one attached hydrogen (secondary N) is 1. The number of ether oxygens (including phenoxy) is 4. The summed E-state index contributed by atoms with van der Waals surface area (Å²) in [5, 5.41) is 27.5. The van der Waals surface area contributed by atoms with Gasteiger partial charge in [0, 0.05) is 57.0 Å². The van der Waals surface area contributed by atoms with Crippen LogP contribution >= 0.6 is 0 Å². The first-order valence-electron chi connectivity index (χ1n) is 22.5. The van der Waals surface area contributed by atoms with Crippen molar-refractivity contribution in [2.45, 2.75) is 147 Å². The van der Waals surface area contributed by atoms with Gasteiger partial charge >= 0.3 is 6.09 Å². The number of aliphatic hydroxyl groups excluding tert-OH is 2. The fraction of sp³-hybridized carbons (Fsp3) is 0.717. The Morgan fingerprint density at radius 1 is 1.03 bits per heavy atom. The standard InChI is InChI=1S/C46H69N3O9/c1-4-24-49(41(52)23-20-32-15-7-8-16-32)40-31-38(48-58-42-19-11-14-28-54-42)36-29-33(17-9-12-25-50)35(18-10-13-26-51)43-37-30-34(56-45(53)47-6-3)21-22-39(37)57-46(40,44(36)43)55-27-5-2/h5,21-22,29-30,32-33,35,40,42-44,50-51H,2,4,6-20,23-28,31H2,1,3H3,(H,47,53). The summed E-state index contributed by atoms with van der Waals surface area (Å²) in [7, 11) is 0. The van der Waals surface area contributed by atoms with Gasteiger partial charge in [0.25, 0.3) is 0 Å². The van der Waals surface area contributed by atoms with E-state index >= 15 is 0 Å². The highest BCUT2D eigenvalue weighted by molar-refractivity contribution is 6.03. The van der Waals surface area contributed by atoms with Gasteiger partial charge in [-0.3, -0.25) is 4.79 Å². The normalized spacial score (nSPS) is 28.5. The summed E-state index contributed by atoms with van der Waals surface area (Å²) in [5.74, 6) is -0.103. The van der Waals surface area contributed by atoms with Crippen molar-refractivity contribution in [3.05, 3.63) is 48.1 Å². The van der Waals surface area contributed by atoms with E-state index in [0.717, 1.165) is 74.6 Å². The quantitative estimate of drug-likeness (QED) is 0.0636. The lowest BCUT2D eigenvalue weighted by Crippen LogP contribution is -2.70. The minimum atomic E-state index is -1.32. The number of carbonyl (C=O) groups is 2. The Bertz CT molecular complexity index is 1570. The van der Waals surface area contributed by atoms with Crippen LogP contribution in [0.25, 0.3) is 0 Å². The maximum atomic E-state index is 14.7. The van der Waals surface area contributed by atoms with Crippen LogP contribution < -0.4 is 14.8 Å². The third-order valence-corrected chi connectivity index (χ3v) is 13.0. The minimum absolute atomic E-state index is 0.0633. The van der Waals surface area contributed by atoms with Crippen LogP contribution in [-0.2, 0) is 19.1 Å². The van der Waals surface area contributed by atoms with Crippen molar-refractivity contribution in [2.75, 3.05) is 39.5 Å². The number of carbonyl (C=O) groups excluding carboxylic acids is 2. The zero-order valence-electron chi connectivity index (χ0n) is 35.0. The van der Waals surface area contributed by atoms with Gasteiger partial charge in [-0.15, -0.1) is 6.58 Å². The molecule has 0 spiro atoms. The van der Waals surface area contributed by atoms with Crippen LogP contribution in [0.4, 0.5) is 4.79 Å². The molecule has 12 heteroatoms. The van der Waals surface area contributed by atoms with E-state index < -0.39 is 30.1 Å². The molecule has 58 heavy (non-hydrogen) atoms. The topological polar surface area (TPSA) is 148 Å². The van der Waals surface area contributed by atoms with Gasteiger partial charge in [-0.1, -0.05) is 62.8 Å². The first-order valence-corrected chi connectivity index (χ1v) is 22.5. The summed E-state index contributed by atoms with van der Waals surface area (Å²) in [6.07, 6.45) is 17.8. The van der Waals surface area contributed by atoms with E-state index in [1.807, 2.05) is 24.0 Å². The molecule has 7 atom stereocenters. The molecule has 6 rings (SSSR count). The average molecular weight is 808 g/mol. The number of allylic oxidation sites excluding steroid dienone is 1. The summed E-state index contributed by atoms with van der Waals surface area (Å²) < 4.78 is 26.2. The molecule has 2 amide bonds. The molecule has 12 nitrogen and oxygen atoms in total. The molecule has 1 aromatic carbocycles. The molecule has 3 aliphatic carbocycles. The molecule has 0 radical (unpaired) electrons. The Kier molecular flexibility index (Phi) is 16.5. The van der Waals surface area contributed by atoms with Crippen LogP contribution in [0.3, 0.4) is 0 Å². The van der Waals surface area contributed by atoms with E-state index in [1.165, 1.54) is 25.7 Å². The van der Waals surface area contributed by atoms with Crippen molar-refractivity contribution in [3.63, 3.8) is 0 Å². The largest absolute Gasteiger partial charge is 0.459 e. The van der Waals surface area contributed by atoms with Crippen molar-refractivity contribution >= 4 is 17.7 Å². The van der Waals surface area contributed by atoms with Crippen molar-refractivity contribution < 1.29 is 43.6 Å². The average Bonchev–Trinajstić information content (AvgIpc) is 3.76. The van der Waals surface area contributed by atoms with Crippen LogP contribution in [-0.4, -0.2) is 90.5 Å². The van der Waals surface area contributed by atoms with Crippen LogP contribution in [0.15, 0.2) is 47.7 Å². The van der Waals surface area contributed by atoms with Crippen LogP contribution in [0, 0.1) is 23.7 Å². The lowest BCUT2D eigenvalue weighted by Gasteiger charge is -2.60.